The van der Waals surface area contributed by atoms with E-state index in [0.717, 1.165) is 36.8 Å². The molecule has 2 N–H and O–H groups in total. The first kappa shape index (κ1) is 24.0. The molecule has 1 aromatic carbocycles. The lowest BCUT2D eigenvalue weighted by Crippen LogP contribution is -2.63. The quantitative estimate of drug-likeness (QED) is 0.640. The highest BCUT2D eigenvalue weighted by Crippen LogP contribution is 2.51. The number of hydrogen-bond donors (Lipinski definition) is 2. The zero-order valence-corrected chi connectivity index (χ0v) is 19.9. The standard InChI is InChI=1S/C27H34N4O3/c1-4-20(2)21(3)29-25(33)30-15-14-27(34,26(17-30)12-8-9-13-26)18-31-19-28-23(16-24(31)32)22-10-6-5-7-11-22/h4-7,10-11,16,19,21,34H,1-2,8-9,12-15,17-18H2,3H3,(H,29,33). The van der Waals surface area contributed by atoms with Crippen molar-refractivity contribution in [2.45, 2.75) is 57.2 Å². The number of nitrogens with one attached hydrogen (secondary N) is 1. The van der Waals surface area contributed by atoms with Crippen molar-refractivity contribution >= 4 is 6.03 Å². The largest absolute Gasteiger partial charge is 0.387 e. The molecule has 2 unspecified atom stereocenters. The van der Waals surface area contributed by atoms with Crippen LogP contribution in [0.25, 0.3) is 11.3 Å². The molecule has 180 valence electrons. The second-order valence-electron chi connectivity index (χ2n) is 9.75. The van der Waals surface area contributed by atoms with Gasteiger partial charge in [-0.3, -0.25) is 9.36 Å². The third-order valence-corrected chi connectivity index (χ3v) is 7.66. The van der Waals surface area contributed by atoms with E-state index in [1.54, 1.807) is 11.0 Å². The molecule has 2 heterocycles. The SMILES string of the molecule is C=CC(=C)C(C)NC(=O)N1CCC(O)(Cn2cnc(-c3ccccc3)cc2=O)C2(CCCC2)C1. The van der Waals surface area contributed by atoms with Crippen LogP contribution >= 0.6 is 0 Å². The predicted octanol–water partition coefficient (Wildman–Crippen LogP) is 3.75. The summed E-state index contributed by atoms with van der Waals surface area (Å²) in [4.78, 5) is 32.2. The Morgan fingerprint density at radius 2 is 1.97 bits per heavy atom. The third kappa shape index (κ3) is 4.57. The molecule has 4 rings (SSSR count). The fourth-order valence-corrected chi connectivity index (χ4v) is 5.41. The van der Waals surface area contributed by atoms with Crippen LogP contribution in [0.15, 0.2) is 72.3 Å². The molecule has 1 saturated carbocycles. The lowest BCUT2D eigenvalue weighted by atomic mass is 9.66. The molecule has 2 amide bonds. The topological polar surface area (TPSA) is 87.5 Å². The zero-order valence-electron chi connectivity index (χ0n) is 19.9. The molecule has 34 heavy (non-hydrogen) atoms. The van der Waals surface area contributed by atoms with E-state index in [4.69, 9.17) is 0 Å². The summed E-state index contributed by atoms with van der Waals surface area (Å²) in [5.41, 5.74) is 0.530. The molecule has 1 spiro atoms. The average molecular weight is 463 g/mol. The minimum Gasteiger partial charge on any atom is -0.387 e. The van der Waals surface area contributed by atoms with Crippen LogP contribution in [0, 0.1) is 5.41 Å². The van der Waals surface area contributed by atoms with Crippen molar-refractivity contribution in [2.24, 2.45) is 5.41 Å². The summed E-state index contributed by atoms with van der Waals surface area (Å²) >= 11 is 0. The Morgan fingerprint density at radius 1 is 1.26 bits per heavy atom. The van der Waals surface area contributed by atoms with E-state index in [-0.39, 0.29) is 24.2 Å². The number of hydrogen-bond acceptors (Lipinski definition) is 4. The molecule has 2 aliphatic rings. The van der Waals surface area contributed by atoms with Crippen molar-refractivity contribution < 1.29 is 9.90 Å². The van der Waals surface area contributed by atoms with Gasteiger partial charge >= 0.3 is 6.03 Å². The summed E-state index contributed by atoms with van der Waals surface area (Å²) in [6, 6.07) is 10.7. The summed E-state index contributed by atoms with van der Waals surface area (Å²) < 4.78 is 1.51. The Hall–Kier alpha value is -3.19. The summed E-state index contributed by atoms with van der Waals surface area (Å²) in [5.74, 6) is 0. The summed E-state index contributed by atoms with van der Waals surface area (Å²) in [5, 5.41) is 14.9. The minimum absolute atomic E-state index is 0.158. The van der Waals surface area contributed by atoms with Crippen LogP contribution in [-0.2, 0) is 6.54 Å². The summed E-state index contributed by atoms with van der Waals surface area (Å²) in [7, 11) is 0. The lowest BCUT2D eigenvalue weighted by Gasteiger charge is -2.52. The first-order valence-corrected chi connectivity index (χ1v) is 12.0. The number of nitrogens with zero attached hydrogens (tertiary/aromatic N) is 3. The zero-order chi connectivity index (χ0) is 24.3. The van der Waals surface area contributed by atoms with Crippen LogP contribution in [-0.4, -0.2) is 50.3 Å². The minimum atomic E-state index is -1.09. The number of aromatic nitrogens is 2. The summed E-state index contributed by atoms with van der Waals surface area (Å²) in [6.45, 7) is 10.6. The lowest BCUT2D eigenvalue weighted by molar-refractivity contribution is -0.135. The van der Waals surface area contributed by atoms with Gasteiger partial charge in [0.2, 0.25) is 0 Å². The van der Waals surface area contributed by atoms with E-state index in [1.165, 1.54) is 17.0 Å². The van der Waals surface area contributed by atoms with Gasteiger partial charge in [-0.15, -0.1) is 0 Å². The predicted molar refractivity (Wildman–Crippen MR) is 133 cm³/mol. The molecule has 2 aromatic rings. The molecule has 1 aliphatic heterocycles. The highest BCUT2D eigenvalue weighted by Gasteiger charge is 2.55. The van der Waals surface area contributed by atoms with E-state index in [9.17, 15) is 14.7 Å². The van der Waals surface area contributed by atoms with Crippen LogP contribution in [0.2, 0.25) is 0 Å². The van der Waals surface area contributed by atoms with Gasteiger partial charge in [-0.25, -0.2) is 9.78 Å². The molecular weight excluding hydrogens is 428 g/mol. The van der Waals surface area contributed by atoms with Crippen molar-refractivity contribution in [3.8, 4) is 11.3 Å². The van der Waals surface area contributed by atoms with Crippen molar-refractivity contribution in [1.82, 2.24) is 19.8 Å². The number of amides is 2. The van der Waals surface area contributed by atoms with Crippen molar-refractivity contribution in [3.05, 3.63) is 77.9 Å². The fourth-order valence-electron chi connectivity index (χ4n) is 5.41. The Labute approximate surface area is 200 Å². The number of aliphatic hydroxyl groups is 1. The maximum atomic E-state index is 13.0. The highest BCUT2D eigenvalue weighted by molar-refractivity contribution is 5.75. The third-order valence-electron chi connectivity index (χ3n) is 7.66. The second kappa shape index (κ2) is 9.58. The second-order valence-corrected chi connectivity index (χ2v) is 9.75. The van der Waals surface area contributed by atoms with Gasteiger partial charge in [0.05, 0.1) is 30.2 Å². The first-order chi connectivity index (χ1) is 16.3. The van der Waals surface area contributed by atoms with Gasteiger partial charge in [-0.2, -0.15) is 0 Å². The fraction of sp³-hybridized carbons (Fsp3) is 0.444. The Balaban J connectivity index is 1.53. The highest BCUT2D eigenvalue weighted by atomic mass is 16.3. The molecule has 1 saturated heterocycles. The van der Waals surface area contributed by atoms with Crippen LogP contribution < -0.4 is 10.9 Å². The molecule has 7 heteroatoms. The van der Waals surface area contributed by atoms with Crippen LogP contribution in [0.3, 0.4) is 0 Å². The van der Waals surface area contributed by atoms with Gasteiger partial charge < -0.3 is 15.3 Å². The van der Waals surface area contributed by atoms with Crippen molar-refractivity contribution in [1.29, 1.82) is 0 Å². The van der Waals surface area contributed by atoms with E-state index in [0.29, 0.717) is 25.2 Å². The van der Waals surface area contributed by atoms with E-state index in [2.05, 4.69) is 23.5 Å². The Morgan fingerprint density at radius 3 is 2.62 bits per heavy atom. The number of rotatable bonds is 6. The molecule has 1 aliphatic carbocycles. The molecule has 0 bridgehead atoms. The molecule has 7 nitrogen and oxygen atoms in total. The van der Waals surface area contributed by atoms with Crippen molar-refractivity contribution in [2.75, 3.05) is 13.1 Å². The number of likely N-dealkylation sites (tertiary alicyclic amines) is 1. The maximum absolute atomic E-state index is 13.0. The Bertz CT molecular complexity index is 1120. The van der Waals surface area contributed by atoms with Gasteiger partial charge in [0.1, 0.15) is 0 Å². The van der Waals surface area contributed by atoms with Gasteiger partial charge in [-0.05, 0) is 31.8 Å². The van der Waals surface area contributed by atoms with Crippen LogP contribution in [0.5, 0.6) is 0 Å². The molecule has 0 radical (unpaired) electrons. The van der Waals surface area contributed by atoms with Crippen LogP contribution in [0.1, 0.15) is 39.0 Å². The molecule has 2 atom stereocenters. The number of carbonyl (C=O) groups is 1. The van der Waals surface area contributed by atoms with Crippen molar-refractivity contribution in [3.63, 3.8) is 0 Å². The molecular formula is C27H34N4O3. The molecule has 1 aromatic heterocycles. The molecule has 2 fully saturated rings. The monoisotopic (exact) mass is 462 g/mol. The maximum Gasteiger partial charge on any atom is 0.317 e. The average Bonchev–Trinajstić information content (AvgIpc) is 3.32. The van der Waals surface area contributed by atoms with Gasteiger partial charge in [0.25, 0.3) is 5.56 Å². The van der Waals surface area contributed by atoms with Gasteiger partial charge in [0.15, 0.2) is 0 Å². The van der Waals surface area contributed by atoms with E-state index < -0.39 is 11.0 Å². The van der Waals surface area contributed by atoms with Crippen LogP contribution in [0.4, 0.5) is 4.79 Å². The Kier molecular flexibility index (Phi) is 6.75. The smallest absolute Gasteiger partial charge is 0.317 e. The van der Waals surface area contributed by atoms with Gasteiger partial charge in [0, 0.05) is 30.1 Å². The summed E-state index contributed by atoms with van der Waals surface area (Å²) in [6.07, 6.45) is 7.24. The number of piperidine rings is 1. The number of carbonyl (C=O) groups excluding carboxylic acids is 1. The van der Waals surface area contributed by atoms with E-state index >= 15 is 0 Å². The van der Waals surface area contributed by atoms with E-state index in [1.807, 2.05) is 37.3 Å². The first-order valence-electron chi connectivity index (χ1n) is 12.0. The van der Waals surface area contributed by atoms with Gasteiger partial charge in [-0.1, -0.05) is 62.4 Å². The number of benzene rings is 1. The normalized spacial score (nSPS) is 22.4. The number of urea groups is 1.